The molecule has 1 aliphatic rings. The highest BCUT2D eigenvalue weighted by Crippen LogP contribution is 2.20. The van der Waals surface area contributed by atoms with Gasteiger partial charge in [0.1, 0.15) is 5.69 Å². The number of hydrogen-bond donors (Lipinski definition) is 2. The van der Waals surface area contributed by atoms with E-state index in [0.29, 0.717) is 18.8 Å². The maximum Gasteiger partial charge on any atom is 0.270 e. The average molecular weight is 327 g/mol. The SMILES string of the molecule is CC(C)(C)C(=O)NC1CCN(C(=O)c2cc3ccccc3[nH]2)CC1. The minimum atomic E-state index is -0.378. The van der Waals surface area contributed by atoms with Crippen LogP contribution in [0, 0.1) is 5.41 Å². The number of carbonyl (C=O) groups is 2. The Bertz CT molecular complexity index is 716. The topological polar surface area (TPSA) is 65.2 Å². The number of likely N-dealkylation sites (tertiary alicyclic amines) is 1. The number of fused-ring (bicyclic) bond motifs is 1. The highest BCUT2D eigenvalue weighted by Gasteiger charge is 2.28. The minimum Gasteiger partial charge on any atom is -0.353 e. The van der Waals surface area contributed by atoms with Gasteiger partial charge < -0.3 is 15.2 Å². The van der Waals surface area contributed by atoms with E-state index in [1.807, 2.05) is 56.0 Å². The second kappa shape index (κ2) is 6.30. The van der Waals surface area contributed by atoms with Gasteiger partial charge in [-0.2, -0.15) is 0 Å². The zero-order valence-corrected chi connectivity index (χ0v) is 14.6. The molecule has 2 heterocycles. The van der Waals surface area contributed by atoms with Gasteiger partial charge in [-0.3, -0.25) is 9.59 Å². The van der Waals surface area contributed by atoms with Crippen LogP contribution in [0.5, 0.6) is 0 Å². The summed E-state index contributed by atoms with van der Waals surface area (Å²) in [6.45, 7) is 7.08. The van der Waals surface area contributed by atoms with Crippen molar-refractivity contribution in [3.05, 3.63) is 36.0 Å². The Kier molecular flexibility index (Phi) is 4.35. The molecule has 0 saturated carbocycles. The van der Waals surface area contributed by atoms with Gasteiger partial charge in [0.25, 0.3) is 5.91 Å². The average Bonchev–Trinajstić information content (AvgIpc) is 2.98. The number of amides is 2. The number of H-pyrrole nitrogens is 1. The number of nitrogens with one attached hydrogen (secondary N) is 2. The molecule has 5 heteroatoms. The van der Waals surface area contributed by atoms with Gasteiger partial charge in [-0.1, -0.05) is 39.0 Å². The lowest BCUT2D eigenvalue weighted by atomic mass is 9.94. The molecule has 0 bridgehead atoms. The number of benzene rings is 1. The number of nitrogens with zero attached hydrogens (tertiary/aromatic N) is 1. The number of piperidine rings is 1. The summed E-state index contributed by atoms with van der Waals surface area (Å²) in [4.78, 5) is 29.8. The molecule has 2 aromatic rings. The molecule has 0 unspecified atom stereocenters. The van der Waals surface area contributed by atoms with Gasteiger partial charge in [0.2, 0.25) is 5.91 Å². The van der Waals surface area contributed by atoms with E-state index < -0.39 is 0 Å². The maximum absolute atomic E-state index is 12.7. The van der Waals surface area contributed by atoms with Crippen LogP contribution in [-0.2, 0) is 4.79 Å². The number of carbonyl (C=O) groups excluding carboxylic acids is 2. The van der Waals surface area contributed by atoms with Crippen LogP contribution in [0.2, 0.25) is 0 Å². The van der Waals surface area contributed by atoms with Gasteiger partial charge in [-0.05, 0) is 25.0 Å². The van der Waals surface area contributed by atoms with Crippen LogP contribution in [0.1, 0.15) is 44.1 Å². The van der Waals surface area contributed by atoms with Gasteiger partial charge in [-0.25, -0.2) is 0 Å². The predicted molar refractivity (Wildman–Crippen MR) is 94.8 cm³/mol. The summed E-state index contributed by atoms with van der Waals surface area (Å²) in [6, 6.07) is 9.95. The second-order valence-electron chi connectivity index (χ2n) is 7.56. The van der Waals surface area contributed by atoms with Crippen LogP contribution < -0.4 is 5.32 Å². The molecule has 128 valence electrons. The first-order valence-corrected chi connectivity index (χ1v) is 8.52. The van der Waals surface area contributed by atoms with E-state index in [9.17, 15) is 9.59 Å². The molecule has 1 saturated heterocycles. The van der Waals surface area contributed by atoms with Gasteiger partial charge in [0.15, 0.2) is 0 Å². The first-order chi connectivity index (χ1) is 11.3. The first kappa shape index (κ1) is 16.6. The van der Waals surface area contributed by atoms with Gasteiger partial charge >= 0.3 is 0 Å². The smallest absolute Gasteiger partial charge is 0.270 e. The molecule has 5 nitrogen and oxygen atoms in total. The van der Waals surface area contributed by atoms with Crippen LogP contribution in [-0.4, -0.2) is 40.8 Å². The highest BCUT2D eigenvalue weighted by atomic mass is 16.2. The Balaban J connectivity index is 1.60. The second-order valence-corrected chi connectivity index (χ2v) is 7.56. The van der Waals surface area contributed by atoms with Crippen molar-refractivity contribution in [1.82, 2.24) is 15.2 Å². The van der Waals surface area contributed by atoms with Crippen LogP contribution in [0.25, 0.3) is 10.9 Å². The third-order valence-electron chi connectivity index (χ3n) is 4.56. The summed E-state index contributed by atoms with van der Waals surface area (Å²) in [7, 11) is 0. The van der Waals surface area contributed by atoms with E-state index in [0.717, 1.165) is 23.7 Å². The molecule has 1 aliphatic heterocycles. The lowest BCUT2D eigenvalue weighted by molar-refractivity contribution is -0.129. The minimum absolute atomic E-state index is 0.0341. The molecule has 1 fully saturated rings. The standard InChI is InChI=1S/C19H25N3O2/c1-19(2,3)18(24)20-14-8-10-22(11-9-14)17(23)16-12-13-6-4-5-7-15(13)21-16/h4-7,12,14,21H,8-11H2,1-3H3,(H,20,24). The zero-order valence-electron chi connectivity index (χ0n) is 14.6. The van der Waals surface area contributed by atoms with Crippen molar-refractivity contribution < 1.29 is 9.59 Å². The fourth-order valence-corrected chi connectivity index (χ4v) is 2.99. The Morgan fingerprint density at radius 1 is 1.17 bits per heavy atom. The molecule has 2 N–H and O–H groups in total. The van der Waals surface area contributed by atoms with Crippen molar-refractivity contribution in [1.29, 1.82) is 0 Å². The number of aromatic nitrogens is 1. The fraction of sp³-hybridized carbons (Fsp3) is 0.474. The molecule has 3 rings (SSSR count). The van der Waals surface area contributed by atoms with E-state index in [1.54, 1.807) is 0 Å². The zero-order chi connectivity index (χ0) is 17.3. The monoisotopic (exact) mass is 327 g/mol. The Morgan fingerprint density at radius 3 is 2.46 bits per heavy atom. The van der Waals surface area contributed by atoms with E-state index in [-0.39, 0.29) is 23.3 Å². The van der Waals surface area contributed by atoms with Crippen LogP contribution in [0.3, 0.4) is 0 Å². The quantitative estimate of drug-likeness (QED) is 0.891. The van der Waals surface area contributed by atoms with Crippen molar-refractivity contribution in [2.24, 2.45) is 5.41 Å². The number of para-hydroxylation sites is 1. The van der Waals surface area contributed by atoms with Crippen molar-refractivity contribution in [2.75, 3.05) is 13.1 Å². The van der Waals surface area contributed by atoms with E-state index >= 15 is 0 Å². The van der Waals surface area contributed by atoms with Gasteiger partial charge in [0.05, 0.1) is 0 Å². The summed E-state index contributed by atoms with van der Waals surface area (Å²) in [6.07, 6.45) is 1.60. The molecule has 2 amide bonds. The largest absolute Gasteiger partial charge is 0.353 e. The van der Waals surface area contributed by atoms with Gasteiger partial charge in [-0.15, -0.1) is 0 Å². The molecule has 1 aromatic heterocycles. The van der Waals surface area contributed by atoms with Crippen molar-refractivity contribution in [3.8, 4) is 0 Å². The molecular weight excluding hydrogens is 302 g/mol. The molecule has 0 radical (unpaired) electrons. The fourth-order valence-electron chi connectivity index (χ4n) is 2.99. The molecular formula is C19H25N3O2. The molecule has 0 aliphatic carbocycles. The lowest BCUT2D eigenvalue weighted by Gasteiger charge is -2.33. The van der Waals surface area contributed by atoms with Crippen LogP contribution >= 0.6 is 0 Å². The Hall–Kier alpha value is -2.30. The number of hydrogen-bond acceptors (Lipinski definition) is 2. The van der Waals surface area contributed by atoms with Gasteiger partial charge in [0, 0.05) is 35.4 Å². The number of aromatic amines is 1. The lowest BCUT2D eigenvalue weighted by Crippen LogP contribution is -2.49. The third-order valence-corrected chi connectivity index (χ3v) is 4.56. The summed E-state index contributed by atoms with van der Waals surface area (Å²) in [5.41, 5.74) is 1.23. The van der Waals surface area contributed by atoms with Crippen molar-refractivity contribution in [2.45, 2.75) is 39.7 Å². The highest BCUT2D eigenvalue weighted by molar-refractivity contribution is 5.98. The van der Waals surface area contributed by atoms with Crippen LogP contribution in [0.15, 0.2) is 30.3 Å². The summed E-state index contributed by atoms with van der Waals surface area (Å²) in [5.74, 6) is 0.106. The van der Waals surface area contributed by atoms with Crippen molar-refractivity contribution in [3.63, 3.8) is 0 Å². The Labute approximate surface area is 142 Å². The summed E-state index contributed by atoms with van der Waals surface area (Å²) in [5, 5.41) is 4.14. The summed E-state index contributed by atoms with van der Waals surface area (Å²) >= 11 is 0. The summed E-state index contributed by atoms with van der Waals surface area (Å²) < 4.78 is 0. The van der Waals surface area contributed by atoms with E-state index in [2.05, 4.69) is 10.3 Å². The molecule has 24 heavy (non-hydrogen) atoms. The Morgan fingerprint density at radius 2 is 1.83 bits per heavy atom. The van der Waals surface area contributed by atoms with Crippen LogP contribution in [0.4, 0.5) is 0 Å². The predicted octanol–water partition coefficient (Wildman–Crippen LogP) is 2.93. The van der Waals surface area contributed by atoms with Crippen molar-refractivity contribution >= 4 is 22.7 Å². The third kappa shape index (κ3) is 3.45. The number of rotatable bonds is 2. The molecule has 0 spiro atoms. The first-order valence-electron chi connectivity index (χ1n) is 8.52. The van der Waals surface area contributed by atoms with E-state index in [4.69, 9.17) is 0 Å². The molecule has 1 aromatic carbocycles. The van der Waals surface area contributed by atoms with E-state index in [1.165, 1.54) is 0 Å². The molecule has 0 atom stereocenters. The maximum atomic E-state index is 12.7. The normalized spacial score (nSPS) is 16.4.